The second-order valence-corrected chi connectivity index (χ2v) is 11.3. The number of primary amides is 1. The lowest BCUT2D eigenvalue weighted by molar-refractivity contribution is -0.123. The van der Waals surface area contributed by atoms with Crippen molar-refractivity contribution in [1.82, 2.24) is 14.2 Å². The Labute approximate surface area is 239 Å². The highest BCUT2D eigenvalue weighted by Crippen LogP contribution is 2.25. The van der Waals surface area contributed by atoms with Crippen LogP contribution in [0.15, 0.2) is 73.1 Å². The van der Waals surface area contributed by atoms with Crippen LogP contribution in [0.2, 0.25) is 5.02 Å². The standard InChI is InChI=1S/C27H29ClN4O5S.ClH/c1-2-37-25(21-7-9-23(28)10-8-21)18-38(35,36)31-15-16-32(24(17-31)26(29)33)27(34)22-5-3-19(4-6-22)20-11-13-30-14-12-20;/h3-14,24-25H,2,15-18H2,1H3,(H2,29,33);1H. The summed E-state index contributed by atoms with van der Waals surface area (Å²) in [6.07, 6.45) is 2.66. The third kappa shape index (κ3) is 7.34. The van der Waals surface area contributed by atoms with Crippen molar-refractivity contribution in [2.75, 3.05) is 32.0 Å². The first-order valence-corrected chi connectivity index (χ1v) is 14.1. The van der Waals surface area contributed by atoms with Crippen LogP contribution in [-0.4, -0.2) is 72.5 Å². The summed E-state index contributed by atoms with van der Waals surface area (Å²) in [6.45, 7) is 1.93. The molecule has 2 atom stereocenters. The van der Waals surface area contributed by atoms with Crippen LogP contribution >= 0.6 is 24.0 Å². The summed E-state index contributed by atoms with van der Waals surface area (Å²) >= 11 is 5.97. The largest absolute Gasteiger partial charge is 0.373 e. The molecule has 12 heteroatoms. The minimum Gasteiger partial charge on any atom is -0.373 e. The number of aromatic nitrogens is 1. The van der Waals surface area contributed by atoms with Crippen LogP contribution in [0.3, 0.4) is 0 Å². The quantitative estimate of drug-likeness (QED) is 0.405. The van der Waals surface area contributed by atoms with Crippen molar-refractivity contribution in [2.24, 2.45) is 5.73 Å². The summed E-state index contributed by atoms with van der Waals surface area (Å²) in [4.78, 5) is 31.0. The molecular weight excluding hydrogens is 563 g/mol. The van der Waals surface area contributed by atoms with E-state index in [-0.39, 0.29) is 43.7 Å². The Morgan fingerprint density at radius 3 is 2.23 bits per heavy atom. The second kappa shape index (κ2) is 13.4. The molecular formula is C27H30Cl2N4O5S. The summed E-state index contributed by atoms with van der Waals surface area (Å²) in [7, 11) is -3.85. The second-order valence-electron chi connectivity index (χ2n) is 8.86. The van der Waals surface area contributed by atoms with Crippen molar-refractivity contribution in [1.29, 1.82) is 0 Å². The van der Waals surface area contributed by atoms with Crippen molar-refractivity contribution in [3.8, 4) is 11.1 Å². The van der Waals surface area contributed by atoms with Crippen LogP contribution in [-0.2, 0) is 19.6 Å². The first-order valence-electron chi connectivity index (χ1n) is 12.1. The molecule has 1 aromatic heterocycles. The average molecular weight is 594 g/mol. The minimum absolute atomic E-state index is 0. The third-order valence-corrected chi connectivity index (χ3v) is 8.54. The van der Waals surface area contributed by atoms with Crippen molar-refractivity contribution < 1.29 is 22.7 Å². The number of amides is 2. The molecule has 1 aliphatic heterocycles. The molecule has 208 valence electrons. The molecule has 0 bridgehead atoms. The van der Waals surface area contributed by atoms with Gasteiger partial charge in [0, 0.05) is 49.2 Å². The maximum absolute atomic E-state index is 13.4. The molecule has 2 amide bonds. The number of nitrogens with zero attached hydrogens (tertiary/aromatic N) is 3. The summed E-state index contributed by atoms with van der Waals surface area (Å²) in [5.74, 6) is -1.48. The van der Waals surface area contributed by atoms with Crippen molar-refractivity contribution in [3.63, 3.8) is 0 Å². The number of nitrogens with two attached hydrogens (primary N) is 1. The summed E-state index contributed by atoms with van der Waals surface area (Å²) in [6, 6.07) is 16.4. The van der Waals surface area contributed by atoms with Gasteiger partial charge in [-0.2, -0.15) is 4.31 Å². The van der Waals surface area contributed by atoms with E-state index in [9.17, 15) is 18.0 Å². The number of piperazine rings is 1. The Morgan fingerprint density at radius 2 is 1.64 bits per heavy atom. The van der Waals surface area contributed by atoms with Gasteiger partial charge in [0.05, 0.1) is 11.9 Å². The molecule has 2 aromatic carbocycles. The van der Waals surface area contributed by atoms with Gasteiger partial charge < -0.3 is 15.4 Å². The normalized spacial score (nSPS) is 16.8. The smallest absolute Gasteiger partial charge is 0.254 e. The number of carbonyl (C=O) groups is 2. The number of hydrogen-bond acceptors (Lipinski definition) is 6. The monoisotopic (exact) mass is 592 g/mol. The van der Waals surface area contributed by atoms with Gasteiger partial charge in [-0.3, -0.25) is 14.6 Å². The molecule has 1 saturated heterocycles. The highest BCUT2D eigenvalue weighted by Gasteiger charge is 2.39. The van der Waals surface area contributed by atoms with Crippen molar-refractivity contribution in [3.05, 3.63) is 89.2 Å². The number of carbonyl (C=O) groups excluding carboxylic acids is 2. The highest BCUT2D eigenvalue weighted by molar-refractivity contribution is 7.89. The number of rotatable bonds is 9. The van der Waals surface area contributed by atoms with Gasteiger partial charge in [0.25, 0.3) is 5.91 Å². The lowest BCUT2D eigenvalue weighted by atomic mass is 10.0. The van der Waals surface area contributed by atoms with E-state index in [1.807, 2.05) is 24.3 Å². The topological polar surface area (TPSA) is 123 Å². The Hall–Kier alpha value is -3.02. The Bertz CT molecular complexity index is 1370. The number of halogens is 2. The zero-order valence-corrected chi connectivity index (χ0v) is 23.7. The molecule has 0 aliphatic carbocycles. The number of hydrogen-bond donors (Lipinski definition) is 1. The zero-order chi connectivity index (χ0) is 27.3. The summed E-state index contributed by atoms with van der Waals surface area (Å²) in [5.41, 5.74) is 8.56. The predicted molar refractivity (Wildman–Crippen MR) is 152 cm³/mol. The van der Waals surface area contributed by atoms with Gasteiger partial charge >= 0.3 is 0 Å². The van der Waals surface area contributed by atoms with E-state index in [0.29, 0.717) is 22.8 Å². The molecule has 4 rings (SSSR count). The van der Waals surface area contributed by atoms with Crippen LogP contribution in [0.5, 0.6) is 0 Å². The van der Waals surface area contributed by atoms with Crippen LogP contribution < -0.4 is 5.73 Å². The van der Waals surface area contributed by atoms with Gasteiger partial charge in [0.1, 0.15) is 6.04 Å². The number of benzene rings is 2. The predicted octanol–water partition coefficient (Wildman–Crippen LogP) is 3.54. The van der Waals surface area contributed by atoms with Crippen LogP contribution in [0.1, 0.15) is 28.9 Å². The van der Waals surface area contributed by atoms with Gasteiger partial charge in [-0.25, -0.2) is 8.42 Å². The van der Waals surface area contributed by atoms with Crippen molar-refractivity contribution >= 4 is 45.8 Å². The molecule has 2 N–H and O–H groups in total. The Morgan fingerprint density at radius 1 is 1.03 bits per heavy atom. The maximum Gasteiger partial charge on any atom is 0.254 e. The highest BCUT2D eigenvalue weighted by atomic mass is 35.5. The molecule has 39 heavy (non-hydrogen) atoms. The lowest BCUT2D eigenvalue weighted by Crippen LogP contribution is -2.61. The van der Waals surface area contributed by atoms with Gasteiger partial charge in [0.15, 0.2) is 0 Å². The molecule has 0 saturated carbocycles. The van der Waals surface area contributed by atoms with E-state index >= 15 is 0 Å². The molecule has 0 spiro atoms. The average Bonchev–Trinajstić information content (AvgIpc) is 2.93. The molecule has 2 unspecified atom stereocenters. The first kappa shape index (κ1) is 30.5. The van der Waals surface area contributed by atoms with E-state index in [1.54, 1.807) is 55.7 Å². The lowest BCUT2D eigenvalue weighted by Gasteiger charge is -2.39. The summed E-state index contributed by atoms with van der Waals surface area (Å²) in [5, 5.41) is 0.531. The fourth-order valence-corrected chi connectivity index (χ4v) is 6.16. The van der Waals surface area contributed by atoms with E-state index in [2.05, 4.69) is 4.98 Å². The first-order chi connectivity index (χ1) is 18.2. The van der Waals surface area contributed by atoms with Gasteiger partial charge in [-0.15, -0.1) is 12.4 Å². The van der Waals surface area contributed by atoms with Gasteiger partial charge in [-0.1, -0.05) is 35.9 Å². The number of sulfonamides is 1. The van der Waals surface area contributed by atoms with Crippen LogP contribution in [0.4, 0.5) is 0 Å². The van der Waals surface area contributed by atoms with Gasteiger partial charge in [-0.05, 0) is 60.0 Å². The Balaban J connectivity index is 0.00000420. The zero-order valence-electron chi connectivity index (χ0n) is 21.3. The molecule has 1 fully saturated rings. The molecule has 1 aliphatic rings. The van der Waals surface area contributed by atoms with Crippen molar-refractivity contribution in [2.45, 2.75) is 19.1 Å². The van der Waals surface area contributed by atoms with Crippen LogP contribution in [0, 0.1) is 0 Å². The fourth-order valence-electron chi connectivity index (χ4n) is 4.43. The molecule has 2 heterocycles. The number of pyridine rings is 1. The van der Waals surface area contributed by atoms with E-state index in [1.165, 1.54) is 9.21 Å². The third-order valence-electron chi connectivity index (χ3n) is 6.44. The van der Waals surface area contributed by atoms with Gasteiger partial charge in [0.2, 0.25) is 15.9 Å². The summed E-state index contributed by atoms with van der Waals surface area (Å²) < 4.78 is 33.6. The van der Waals surface area contributed by atoms with Crippen LogP contribution in [0.25, 0.3) is 11.1 Å². The minimum atomic E-state index is -3.85. The van der Waals surface area contributed by atoms with E-state index < -0.39 is 28.1 Å². The van der Waals surface area contributed by atoms with E-state index in [4.69, 9.17) is 22.1 Å². The fraction of sp³-hybridized carbons (Fsp3) is 0.296. The molecule has 0 radical (unpaired) electrons. The molecule has 3 aromatic rings. The number of ether oxygens (including phenoxy) is 1. The van der Waals surface area contributed by atoms with E-state index in [0.717, 1.165) is 11.1 Å². The molecule has 9 nitrogen and oxygen atoms in total. The SMILES string of the molecule is CCOC(CS(=O)(=O)N1CCN(C(=O)c2ccc(-c3ccncc3)cc2)C(C(N)=O)C1)c1ccc(Cl)cc1.Cl. The Kier molecular flexibility index (Phi) is 10.5. The maximum atomic E-state index is 13.4.